The predicted molar refractivity (Wildman–Crippen MR) is 108 cm³/mol. The second-order valence-electron chi connectivity index (χ2n) is 7.25. The van der Waals surface area contributed by atoms with Crippen LogP contribution in [0, 0.1) is 13.8 Å². The van der Waals surface area contributed by atoms with Crippen molar-refractivity contribution >= 4 is 11.7 Å². The van der Waals surface area contributed by atoms with Gasteiger partial charge in [0.1, 0.15) is 5.75 Å². The fraction of sp³-hybridized carbons (Fsp3) is 0.318. The summed E-state index contributed by atoms with van der Waals surface area (Å²) >= 11 is 0. The average Bonchev–Trinajstić information content (AvgIpc) is 3.12. The zero-order chi connectivity index (χ0) is 20.3. The van der Waals surface area contributed by atoms with Crippen LogP contribution in [0.2, 0.25) is 0 Å². The number of aryl methyl sites for hydroxylation is 2. The van der Waals surface area contributed by atoms with Gasteiger partial charge in [0, 0.05) is 5.56 Å². The average molecular weight is 379 g/mol. The highest BCUT2D eigenvalue weighted by molar-refractivity contribution is 5.96. The van der Waals surface area contributed by atoms with Crippen LogP contribution in [0.15, 0.2) is 47.1 Å². The number of amides is 1. The van der Waals surface area contributed by atoms with Crippen LogP contribution in [0.5, 0.6) is 5.75 Å². The van der Waals surface area contributed by atoms with Gasteiger partial charge in [-0.3, -0.25) is 4.79 Å². The van der Waals surface area contributed by atoms with Crippen molar-refractivity contribution in [3.05, 3.63) is 59.2 Å². The molecule has 28 heavy (non-hydrogen) atoms. The molecule has 1 heterocycles. The predicted octanol–water partition coefficient (Wildman–Crippen LogP) is 4.88. The van der Waals surface area contributed by atoms with Crippen molar-refractivity contribution in [2.24, 2.45) is 0 Å². The first kappa shape index (κ1) is 19.6. The molecule has 3 rings (SSSR count). The maximum Gasteiger partial charge on any atom is 0.266 e. The first-order chi connectivity index (χ1) is 13.3. The lowest BCUT2D eigenvalue weighted by atomic mass is 10.0. The lowest BCUT2D eigenvalue weighted by Crippen LogP contribution is -2.30. The van der Waals surface area contributed by atoms with Crippen molar-refractivity contribution < 1.29 is 14.2 Å². The quantitative estimate of drug-likeness (QED) is 0.660. The summed E-state index contributed by atoms with van der Waals surface area (Å²) in [6.07, 6.45) is -0.701. The summed E-state index contributed by atoms with van der Waals surface area (Å²) < 4.78 is 10.6. The Morgan fingerprint density at radius 3 is 2.43 bits per heavy atom. The Labute approximate surface area is 164 Å². The van der Waals surface area contributed by atoms with Gasteiger partial charge in [-0.1, -0.05) is 43.7 Å². The van der Waals surface area contributed by atoms with Crippen molar-refractivity contribution in [2.45, 2.75) is 46.6 Å². The van der Waals surface area contributed by atoms with E-state index in [2.05, 4.69) is 29.5 Å². The lowest BCUT2D eigenvalue weighted by molar-refractivity contribution is -0.122. The summed E-state index contributed by atoms with van der Waals surface area (Å²) in [5.41, 5.74) is 4.70. The van der Waals surface area contributed by atoms with Gasteiger partial charge in [0.25, 0.3) is 5.91 Å². The van der Waals surface area contributed by atoms with Crippen LogP contribution >= 0.6 is 0 Å². The van der Waals surface area contributed by atoms with E-state index >= 15 is 0 Å². The molecule has 0 aliphatic rings. The molecule has 1 aromatic heterocycles. The summed E-state index contributed by atoms with van der Waals surface area (Å²) in [5, 5.41) is 10.6. The van der Waals surface area contributed by atoms with Gasteiger partial charge in [-0.25, -0.2) is 4.63 Å². The molecule has 3 aromatic rings. The van der Waals surface area contributed by atoms with E-state index in [1.165, 1.54) is 5.56 Å². The van der Waals surface area contributed by atoms with Gasteiger partial charge < -0.3 is 10.1 Å². The molecular weight excluding hydrogens is 354 g/mol. The third-order valence-electron chi connectivity index (χ3n) is 4.61. The van der Waals surface area contributed by atoms with Crippen molar-refractivity contribution in [1.29, 1.82) is 0 Å². The topological polar surface area (TPSA) is 77.3 Å². The van der Waals surface area contributed by atoms with E-state index in [0.29, 0.717) is 17.4 Å². The number of carbonyl (C=O) groups is 1. The first-order valence-electron chi connectivity index (χ1n) is 9.33. The van der Waals surface area contributed by atoms with E-state index in [9.17, 15) is 4.79 Å². The minimum absolute atomic E-state index is 0.282. The number of carbonyl (C=O) groups excluding carboxylic acids is 1. The standard InChI is InChI=1S/C22H25N3O3/c1-13(2)17-8-10-18(11-9-17)27-16(5)22(26)23-21-20(24-28-25-21)19-12-14(3)6-7-15(19)4/h6-13,16H,1-5H3,(H,23,25,26). The molecule has 0 saturated heterocycles. The third-order valence-corrected chi connectivity index (χ3v) is 4.61. The summed E-state index contributed by atoms with van der Waals surface area (Å²) in [5.74, 6) is 1.04. The molecule has 0 aliphatic heterocycles. The molecule has 1 atom stereocenters. The van der Waals surface area contributed by atoms with Gasteiger partial charge in [-0.15, -0.1) is 0 Å². The van der Waals surface area contributed by atoms with Gasteiger partial charge in [0.05, 0.1) is 0 Å². The number of benzene rings is 2. The summed E-state index contributed by atoms with van der Waals surface area (Å²) in [7, 11) is 0. The van der Waals surface area contributed by atoms with Crippen molar-refractivity contribution in [3.8, 4) is 17.0 Å². The highest BCUT2D eigenvalue weighted by Gasteiger charge is 2.21. The molecule has 0 saturated carbocycles. The monoisotopic (exact) mass is 379 g/mol. The minimum Gasteiger partial charge on any atom is -0.481 e. The Morgan fingerprint density at radius 1 is 1.04 bits per heavy atom. The molecule has 6 nitrogen and oxygen atoms in total. The van der Waals surface area contributed by atoms with E-state index in [1.54, 1.807) is 6.92 Å². The fourth-order valence-corrected chi connectivity index (χ4v) is 2.85. The van der Waals surface area contributed by atoms with E-state index in [-0.39, 0.29) is 11.7 Å². The van der Waals surface area contributed by atoms with E-state index in [1.807, 2.05) is 56.3 Å². The van der Waals surface area contributed by atoms with Gasteiger partial charge in [-0.05, 0) is 66.3 Å². The normalized spacial score (nSPS) is 12.1. The number of nitrogens with zero attached hydrogens (tertiary/aromatic N) is 2. The van der Waals surface area contributed by atoms with Gasteiger partial charge in [-0.2, -0.15) is 0 Å². The number of hydrogen-bond acceptors (Lipinski definition) is 5. The van der Waals surface area contributed by atoms with Gasteiger partial charge in [0.15, 0.2) is 11.8 Å². The Balaban J connectivity index is 1.71. The molecule has 0 fully saturated rings. The Hall–Kier alpha value is -3.15. The fourth-order valence-electron chi connectivity index (χ4n) is 2.85. The van der Waals surface area contributed by atoms with Gasteiger partial charge >= 0.3 is 0 Å². The zero-order valence-corrected chi connectivity index (χ0v) is 16.8. The second kappa shape index (κ2) is 8.25. The second-order valence-corrected chi connectivity index (χ2v) is 7.25. The number of hydrogen-bond donors (Lipinski definition) is 1. The lowest BCUT2D eigenvalue weighted by Gasteiger charge is -2.15. The van der Waals surface area contributed by atoms with Crippen molar-refractivity contribution in [1.82, 2.24) is 10.3 Å². The Bertz CT molecular complexity index is 961. The van der Waals surface area contributed by atoms with Crippen molar-refractivity contribution in [2.75, 3.05) is 5.32 Å². The molecule has 1 N–H and O–H groups in total. The van der Waals surface area contributed by atoms with Crippen LogP contribution in [-0.4, -0.2) is 22.3 Å². The van der Waals surface area contributed by atoms with Crippen LogP contribution in [-0.2, 0) is 4.79 Å². The molecule has 1 amide bonds. The van der Waals surface area contributed by atoms with Crippen LogP contribution in [0.4, 0.5) is 5.82 Å². The molecule has 146 valence electrons. The smallest absolute Gasteiger partial charge is 0.266 e. The SMILES string of the molecule is Cc1ccc(C)c(-c2nonc2NC(=O)C(C)Oc2ccc(C(C)C)cc2)c1. The number of nitrogens with one attached hydrogen (secondary N) is 1. The first-order valence-corrected chi connectivity index (χ1v) is 9.33. The molecule has 0 radical (unpaired) electrons. The number of ether oxygens (including phenoxy) is 1. The van der Waals surface area contributed by atoms with E-state index in [0.717, 1.165) is 16.7 Å². The summed E-state index contributed by atoms with van der Waals surface area (Å²) in [6, 6.07) is 13.8. The Morgan fingerprint density at radius 2 is 1.75 bits per heavy atom. The highest BCUT2D eigenvalue weighted by atomic mass is 16.6. The van der Waals surface area contributed by atoms with E-state index < -0.39 is 6.10 Å². The molecule has 2 aromatic carbocycles. The number of aromatic nitrogens is 2. The summed E-state index contributed by atoms with van der Waals surface area (Å²) in [6.45, 7) is 9.92. The molecular formula is C22H25N3O3. The minimum atomic E-state index is -0.701. The number of anilines is 1. The van der Waals surface area contributed by atoms with Crippen LogP contribution in [0.1, 0.15) is 43.4 Å². The summed E-state index contributed by atoms with van der Waals surface area (Å²) in [4.78, 5) is 12.6. The highest BCUT2D eigenvalue weighted by Crippen LogP contribution is 2.28. The molecule has 6 heteroatoms. The molecule has 0 bridgehead atoms. The van der Waals surface area contributed by atoms with E-state index in [4.69, 9.17) is 9.37 Å². The van der Waals surface area contributed by atoms with Gasteiger partial charge in [0.2, 0.25) is 5.82 Å². The molecule has 1 unspecified atom stereocenters. The largest absolute Gasteiger partial charge is 0.481 e. The maximum atomic E-state index is 12.6. The van der Waals surface area contributed by atoms with Crippen LogP contribution in [0.3, 0.4) is 0 Å². The van der Waals surface area contributed by atoms with Crippen molar-refractivity contribution in [3.63, 3.8) is 0 Å². The zero-order valence-electron chi connectivity index (χ0n) is 16.8. The third kappa shape index (κ3) is 4.39. The molecule has 0 aliphatic carbocycles. The maximum absolute atomic E-state index is 12.6. The van der Waals surface area contributed by atoms with Crippen LogP contribution < -0.4 is 10.1 Å². The van der Waals surface area contributed by atoms with Crippen LogP contribution in [0.25, 0.3) is 11.3 Å². The Kier molecular flexibility index (Phi) is 5.78. The number of rotatable bonds is 6. The molecule has 0 spiro atoms.